The van der Waals surface area contributed by atoms with E-state index in [1.807, 2.05) is 7.05 Å². The van der Waals surface area contributed by atoms with Gasteiger partial charge in [-0.3, -0.25) is 9.59 Å². The Bertz CT molecular complexity index is 440. The van der Waals surface area contributed by atoms with Gasteiger partial charge in [-0.15, -0.1) is 0 Å². The van der Waals surface area contributed by atoms with Crippen molar-refractivity contribution in [2.24, 2.45) is 7.05 Å². The molecule has 1 saturated heterocycles. The summed E-state index contributed by atoms with van der Waals surface area (Å²) in [5, 5.41) is 2.59. The third-order valence-corrected chi connectivity index (χ3v) is 2.99. The Morgan fingerprint density at radius 2 is 2.29 bits per heavy atom. The molecule has 17 heavy (non-hydrogen) atoms. The fraction of sp³-hybridized carbons (Fsp3) is 0.545. The Morgan fingerprint density at radius 1 is 1.53 bits per heavy atom. The lowest BCUT2D eigenvalue weighted by Gasteiger charge is -2.22. The summed E-state index contributed by atoms with van der Waals surface area (Å²) in [5.74, 6) is -0.275. The zero-order valence-corrected chi connectivity index (χ0v) is 10.0. The van der Waals surface area contributed by atoms with E-state index in [9.17, 15) is 9.59 Å². The predicted octanol–water partition coefficient (Wildman–Crippen LogP) is -0.229. The summed E-state index contributed by atoms with van der Waals surface area (Å²) in [6.07, 6.45) is 4.83. The van der Waals surface area contributed by atoms with E-state index in [0.29, 0.717) is 12.2 Å². The molecule has 1 unspecified atom stereocenters. The van der Waals surface area contributed by atoms with Crippen LogP contribution in [-0.4, -0.2) is 45.9 Å². The quantitative estimate of drug-likeness (QED) is 0.771. The van der Waals surface area contributed by atoms with Crippen LogP contribution < -0.4 is 5.32 Å². The molecule has 0 radical (unpaired) electrons. The Morgan fingerprint density at radius 3 is 2.88 bits per heavy atom. The number of amides is 2. The highest BCUT2D eigenvalue weighted by atomic mass is 16.2. The standard InChI is InChI=1S/C11H16N4O2/c1-12-10(16)9-4-3-5-15(9)11(17)8-6-14(2)7-13-8/h6-7,9H,3-5H2,1-2H3,(H,12,16). The van der Waals surface area contributed by atoms with Gasteiger partial charge in [0.2, 0.25) is 5.91 Å². The number of aromatic nitrogens is 2. The van der Waals surface area contributed by atoms with Gasteiger partial charge in [0.25, 0.3) is 5.91 Å². The molecule has 0 aliphatic carbocycles. The van der Waals surface area contributed by atoms with Gasteiger partial charge in [0, 0.05) is 26.8 Å². The summed E-state index contributed by atoms with van der Waals surface area (Å²) in [6.45, 7) is 0.619. The Labute approximate surface area is 99.6 Å². The molecule has 1 aliphatic rings. The SMILES string of the molecule is CNC(=O)C1CCCN1C(=O)c1cn(C)cn1. The summed E-state index contributed by atoms with van der Waals surface area (Å²) in [7, 11) is 3.40. The van der Waals surface area contributed by atoms with E-state index in [4.69, 9.17) is 0 Å². The normalized spacial score (nSPS) is 19.4. The fourth-order valence-corrected chi connectivity index (χ4v) is 2.12. The molecule has 1 atom stereocenters. The van der Waals surface area contributed by atoms with Crippen molar-refractivity contribution in [2.75, 3.05) is 13.6 Å². The minimum absolute atomic E-state index is 0.105. The molecular formula is C11H16N4O2. The van der Waals surface area contributed by atoms with Crippen molar-refractivity contribution in [3.05, 3.63) is 18.2 Å². The summed E-state index contributed by atoms with van der Waals surface area (Å²) in [6, 6.07) is -0.352. The van der Waals surface area contributed by atoms with Crippen molar-refractivity contribution in [1.82, 2.24) is 19.8 Å². The lowest BCUT2D eigenvalue weighted by atomic mass is 10.2. The third kappa shape index (κ3) is 2.15. The molecule has 1 aliphatic heterocycles. The van der Waals surface area contributed by atoms with E-state index < -0.39 is 0 Å². The minimum atomic E-state index is -0.352. The van der Waals surface area contributed by atoms with Gasteiger partial charge < -0.3 is 14.8 Å². The number of likely N-dealkylation sites (N-methyl/N-ethyl adjacent to an activating group) is 1. The second kappa shape index (κ2) is 4.57. The third-order valence-electron chi connectivity index (χ3n) is 2.99. The summed E-state index contributed by atoms with van der Waals surface area (Å²) >= 11 is 0. The number of nitrogens with one attached hydrogen (secondary N) is 1. The molecule has 2 heterocycles. The van der Waals surface area contributed by atoms with Gasteiger partial charge in [-0.2, -0.15) is 0 Å². The molecule has 0 spiro atoms. The fourth-order valence-electron chi connectivity index (χ4n) is 2.12. The monoisotopic (exact) mass is 236 g/mol. The number of rotatable bonds is 2. The van der Waals surface area contributed by atoms with E-state index in [1.54, 1.807) is 29.0 Å². The molecule has 6 nitrogen and oxygen atoms in total. The molecule has 1 N–H and O–H groups in total. The topological polar surface area (TPSA) is 67.2 Å². The van der Waals surface area contributed by atoms with Gasteiger partial charge in [-0.1, -0.05) is 0 Å². The van der Waals surface area contributed by atoms with Crippen LogP contribution in [0.2, 0.25) is 0 Å². The number of carbonyl (C=O) groups is 2. The van der Waals surface area contributed by atoms with Gasteiger partial charge in [-0.05, 0) is 12.8 Å². The van der Waals surface area contributed by atoms with E-state index in [-0.39, 0.29) is 17.9 Å². The summed E-state index contributed by atoms with van der Waals surface area (Å²) < 4.78 is 1.72. The van der Waals surface area contributed by atoms with Gasteiger partial charge in [0.15, 0.2) is 0 Å². The molecular weight excluding hydrogens is 220 g/mol. The van der Waals surface area contributed by atoms with Crippen LogP contribution in [0, 0.1) is 0 Å². The number of hydrogen-bond donors (Lipinski definition) is 1. The number of aryl methyl sites for hydroxylation is 1. The highest BCUT2D eigenvalue weighted by Crippen LogP contribution is 2.19. The van der Waals surface area contributed by atoms with Crippen molar-refractivity contribution < 1.29 is 9.59 Å². The first-order chi connectivity index (χ1) is 8.13. The number of imidazole rings is 1. The highest BCUT2D eigenvalue weighted by molar-refractivity contribution is 5.96. The van der Waals surface area contributed by atoms with Crippen LogP contribution in [0.15, 0.2) is 12.5 Å². The van der Waals surface area contributed by atoms with Crippen LogP contribution in [0.25, 0.3) is 0 Å². The maximum absolute atomic E-state index is 12.2. The number of hydrogen-bond acceptors (Lipinski definition) is 3. The lowest BCUT2D eigenvalue weighted by molar-refractivity contribution is -0.124. The van der Waals surface area contributed by atoms with E-state index >= 15 is 0 Å². The lowest BCUT2D eigenvalue weighted by Crippen LogP contribution is -2.45. The zero-order chi connectivity index (χ0) is 12.4. The Hall–Kier alpha value is -1.85. The van der Waals surface area contributed by atoms with Crippen LogP contribution in [0.5, 0.6) is 0 Å². The van der Waals surface area contributed by atoms with Crippen LogP contribution in [0.1, 0.15) is 23.3 Å². The van der Waals surface area contributed by atoms with Gasteiger partial charge in [0.05, 0.1) is 6.33 Å². The van der Waals surface area contributed by atoms with Gasteiger partial charge in [0.1, 0.15) is 11.7 Å². The smallest absolute Gasteiger partial charge is 0.274 e. The molecule has 2 rings (SSSR count). The predicted molar refractivity (Wildman–Crippen MR) is 61.3 cm³/mol. The molecule has 6 heteroatoms. The van der Waals surface area contributed by atoms with Crippen LogP contribution in [0.4, 0.5) is 0 Å². The summed E-state index contributed by atoms with van der Waals surface area (Å²) in [4.78, 5) is 29.4. The highest BCUT2D eigenvalue weighted by Gasteiger charge is 2.34. The van der Waals surface area contributed by atoms with E-state index in [0.717, 1.165) is 12.8 Å². The molecule has 1 aromatic rings. The number of likely N-dealkylation sites (tertiary alicyclic amines) is 1. The van der Waals surface area contributed by atoms with Crippen molar-refractivity contribution in [3.8, 4) is 0 Å². The van der Waals surface area contributed by atoms with E-state index in [2.05, 4.69) is 10.3 Å². The van der Waals surface area contributed by atoms with Gasteiger partial charge >= 0.3 is 0 Å². The Kier molecular flexibility index (Phi) is 3.12. The Balaban J connectivity index is 2.16. The number of nitrogens with zero attached hydrogens (tertiary/aromatic N) is 3. The average molecular weight is 236 g/mol. The maximum Gasteiger partial charge on any atom is 0.274 e. The first kappa shape index (κ1) is 11.6. The van der Waals surface area contributed by atoms with E-state index in [1.165, 1.54) is 0 Å². The van der Waals surface area contributed by atoms with Crippen molar-refractivity contribution in [1.29, 1.82) is 0 Å². The maximum atomic E-state index is 12.2. The molecule has 0 aromatic carbocycles. The molecule has 2 amide bonds. The second-order valence-electron chi connectivity index (χ2n) is 4.20. The largest absolute Gasteiger partial charge is 0.357 e. The van der Waals surface area contributed by atoms with Crippen LogP contribution in [0.3, 0.4) is 0 Å². The molecule has 0 saturated carbocycles. The first-order valence-electron chi connectivity index (χ1n) is 5.64. The van der Waals surface area contributed by atoms with Crippen molar-refractivity contribution in [2.45, 2.75) is 18.9 Å². The molecule has 92 valence electrons. The van der Waals surface area contributed by atoms with Gasteiger partial charge in [-0.25, -0.2) is 4.98 Å². The molecule has 1 aromatic heterocycles. The van der Waals surface area contributed by atoms with Crippen molar-refractivity contribution >= 4 is 11.8 Å². The first-order valence-corrected chi connectivity index (χ1v) is 5.64. The van der Waals surface area contributed by atoms with Crippen LogP contribution in [-0.2, 0) is 11.8 Å². The minimum Gasteiger partial charge on any atom is -0.357 e. The molecule has 1 fully saturated rings. The molecule has 0 bridgehead atoms. The number of carbonyl (C=O) groups excluding carboxylic acids is 2. The second-order valence-corrected chi connectivity index (χ2v) is 4.20. The van der Waals surface area contributed by atoms with Crippen molar-refractivity contribution in [3.63, 3.8) is 0 Å². The summed E-state index contributed by atoms with van der Waals surface area (Å²) in [5.41, 5.74) is 0.392. The zero-order valence-electron chi connectivity index (χ0n) is 10.0. The van der Waals surface area contributed by atoms with Crippen LogP contribution >= 0.6 is 0 Å². The average Bonchev–Trinajstić information content (AvgIpc) is 2.95.